The standard InChI is InChI=1S/C25H28FN3O3/c1-3-32-24(30)22-21(27-25(31)28-23(22)18-8-10-20(26)11-9-18)15-29-13-12-19(14-29)17-6-4-16(2)5-7-17/h4-11,19,23H,3,12-15H2,1-2H3,(H2,27,28,31)/t19-,23-/m1/s1. The quantitative estimate of drug-likeness (QED) is 0.675. The Morgan fingerprint density at radius 2 is 1.81 bits per heavy atom. The molecule has 4 rings (SSSR count). The van der Waals surface area contributed by atoms with Gasteiger partial charge in [0, 0.05) is 18.8 Å². The lowest BCUT2D eigenvalue weighted by Crippen LogP contribution is -2.48. The van der Waals surface area contributed by atoms with E-state index in [4.69, 9.17) is 4.74 Å². The molecule has 2 atom stereocenters. The van der Waals surface area contributed by atoms with Crippen molar-refractivity contribution in [2.24, 2.45) is 0 Å². The van der Waals surface area contributed by atoms with Gasteiger partial charge >= 0.3 is 12.0 Å². The molecule has 0 spiro atoms. The minimum Gasteiger partial charge on any atom is -0.463 e. The fourth-order valence-electron chi connectivity index (χ4n) is 4.41. The lowest BCUT2D eigenvalue weighted by Gasteiger charge is -2.31. The van der Waals surface area contributed by atoms with Crippen molar-refractivity contribution in [3.05, 3.63) is 82.3 Å². The first-order valence-corrected chi connectivity index (χ1v) is 11.0. The Kier molecular flexibility index (Phi) is 6.55. The van der Waals surface area contributed by atoms with E-state index in [1.54, 1.807) is 19.1 Å². The van der Waals surface area contributed by atoms with Gasteiger partial charge in [0.1, 0.15) is 5.82 Å². The summed E-state index contributed by atoms with van der Waals surface area (Å²) in [6.07, 6.45) is 1.01. The predicted molar refractivity (Wildman–Crippen MR) is 119 cm³/mol. The average molecular weight is 438 g/mol. The van der Waals surface area contributed by atoms with E-state index in [-0.39, 0.29) is 12.4 Å². The van der Waals surface area contributed by atoms with Crippen molar-refractivity contribution in [3.63, 3.8) is 0 Å². The van der Waals surface area contributed by atoms with E-state index in [1.807, 2.05) is 0 Å². The van der Waals surface area contributed by atoms with Gasteiger partial charge in [-0.3, -0.25) is 4.90 Å². The second-order valence-electron chi connectivity index (χ2n) is 8.33. The molecule has 7 heteroatoms. The Labute approximate surface area is 187 Å². The Bertz CT molecular complexity index is 1020. The second-order valence-corrected chi connectivity index (χ2v) is 8.33. The van der Waals surface area contributed by atoms with Crippen LogP contribution in [0.4, 0.5) is 9.18 Å². The van der Waals surface area contributed by atoms with E-state index in [0.29, 0.717) is 29.3 Å². The van der Waals surface area contributed by atoms with Gasteiger partial charge in [-0.2, -0.15) is 0 Å². The Hall–Kier alpha value is -3.19. The highest BCUT2D eigenvalue weighted by atomic mass is 19.1. The minimum atomic E-state index is -0.700. The highest BCUT2D eigenvalue weighted by Gasteiger charge is 2.35. The molecular weight excluding hydrogens is 409 g/mol. The third kappa shape index (κ3) is 4.83. The first-order chi connectivity index (χ1) is 15.4. The molecule has 2 N–H and O–H groups in total. The molecule has 6 nitrogen and oxygen atoms in total. The van der Waals surface area contributed by atoms with Crippen molar-refractivity contribution >= 4 is 12.0 Å². The van der Waals surface area contributed by atoms with Crippen molar-refractivity contribution < 1.29 is 18.7 Å². The number of amides is 2. The van der Waals surface area contributed by atoms with Crippen LogP contribution in [0.3, 0.4) is 0 Å². The number of nitrogens with zero attached hydrogens (tertiary/aromatic N) is 1. The molecule has 0 radical (unpaired) electrons. The zero-order valence-corrected chi connectivity index (χ0v) is 18.4. The van der Waals surface area contributed by atoms with Gasteiger partial charge in [0.25, 0.3) is 0 Å². The van der Waals surface area contributed by atoms with Crippen LogP contribution in [-0.4, -0.2) is 43.1 Å². The van der Waals surface area contributed by atoms with Crippen molar-refractivity contribution in [2.45, 2.75) is 32.2 Å². The number of rotatable bonds is 6. The largest absolute Gasteiger partial charge is 0.463 e. The summed E-state index contributed by atoms with van der Waals surface area (Å²) in [5, 5.41) is 5.61. The highest BCUT2D eigenvalue weighted by molar-refractivity contribution is 5.95. The topological polar surface area (TPSA) is 70.7 Å². The first kappa shape index (κ1) is 22.0. The number of hydrogen-bond donors (Lipinski definition) is 2. The summed E-state index contributed by atoms with van der Waals surface area (Å²) < 4.78 is 18.8. The van der Waals surface area contributed by atoms with E-state index in [9.17, 15) is 14.0 Å². The van der Waals surface area contributed by atoms with Crippen LogP contribution in [0, 0.1) is 12.7 Å². The first-order valence-electron chi connectivity index (χ1n) is 11.0. The van der Waals surface area contributed by atoms with Crippen molar-refractivity contribution in [1.82, 2.24) is 15.5 Å². The number of ether oxygens (including phenoxy) is 1. The molecule has 32 heavy (non-hydrogen) atoms. The number of aryl methyl sites for hydroxylation is 1. The molecule has 2 amide bonds. The molecule has 2 aromatic rings. The van der Waals surface area contributed by atoms with Gasteiger partial charge in [0.2, 0.25) is 0 Å². The van der Waals surface area contributed by atoms with Crippen molar-refractivity contribution in [1.29, 1.82) is 0 Å². The van der Waals surface area contributed by atoms with Gasteiger partial charge in [0.15, 0.2) is 0 Å². The Morgan fingerprint density at radius 1 is 1.12 bits per heavy atom. The van der Waals surface area contributed by atoms with Gasteiger partial charge in [-0.1, -0.05) is 42.0 Å². The van der Waals surface area contributed by atoms with Gasteiger partial charge in [-0.05, 0) is 56.0 Å². The summed E-state index contributed by atoms with van der Waals surface area (Å²) in [4.78, 5) is 27.6. The molecule has 2 aromatic carbocycles. The summed E-state index contributed by atoms with van der Waals surface area (Å²) in [6.45, 7) is 6.17. The third-order valence-corrected chi connectivity index (χ3v) is 6.06. The zero-order valence-electron chi connectivity index (χ0n) is 18.4. The Morgan fingerprint density at radius 3 is 2.50 bits per heavy atom. The molecular formula is C25H28FN3O3. The number of carbonyl (C=O) groups is 2. The summed E-state index contributed by atoms with van der Waals surface area (Å²) in [5.41, 5.74) is 4.05. The molecule has 1 saturated heterocycles. The lowest BCUT2D eigenvalue weighted by molar-refractivity contribution is -0.139. The molecule has 0 unspecified atom stereocenters. The fourth-order valence-corrected chi connectivity index (χ4v) is 4.41. The number of urea groups is 1. The number of carbonyl (C=O) groups excluding carboxylic acids is 2. The van der Waals surface area contributed by atoms with E-state index < -0.39 is 18.0 Å². The number of esters is 1. The van der Waals surface area contributed by atoms with Crippen LogP contribution in [0.1, 0.15) is 42.0 Å². The fraction of sp³-hybridized carbons (Fsp3) is 0.360. The monoisotopic (exact) mass is 437 g/mol. The van der Waals surface area contributed by atoms with Gasteiger partial charge in [-0.15, -0.1) is 0 Å². The molecule has 0 aliphatic carbocycles. The molecule has 0 saturated carbocycles. The maximum atomic E-state index is 13.4. The maximum Gasteiger partial charge on any atom is 0.338 e. The van der Waals surface area contributed by atoms with Crippen LogP contribution in [-0.2, 0) is 9.53 Å². The summed E-state index contributed by atoms with van der Waals surface area (Å²) in [6, 6.07) is 13.3. The van der Waals surface area contributed by atoms with E-state index in [0.717, 1.165) is 19.5 Å². The third-order valence-electron chi connectivity index (χ3n) is 6.06. The SMILES string of the molecule is CCOC(=O)C1=C(CN2CC[C@@H](c3ccc(C)cc3)C2)NC(=O)N[C@@H]1c1ccc(F)cc1. The highest BCUT2D eigenvalue weighted by Crippen LogP contribution is 2.31. The Balaban J connectivity index is 1.60. The summed E-state index contributed by atoms with van der Waals surface area (Å²) >= 11 is 0. The predicted octanol–water partition coefficient (Wildman–Crippen LogP) is 3.79. The number of hydrogen-bond acceptors (Lipinski definition) is 4. The number of nitrogens with one attached hydrogen (secondary N) is 2. The lowest BCUT2D eigenvalue weighted by atomic mass is 9.95. The number of likely N-dealkylation sites (tertiary alicyclic amines) is 1. The van der Waals surface area contributed by atoms with Crippen LogP contribution in [0.25, 0.3) is 0 Å². The van der Waals surface area contributed by atoms with Crippen LogP contribution >= 0.6 is 0 Å². The van der Waals surface area contributed by atoms with Crippen LogP contribution in [0.15, 0.2) is 59.8 Å². The smallest absolute Gasteiger partial charge is 0.338 e. The molecule has 0 bridgehead atoms. The molecule has 1 fully saturated rings. The average Bonchev–Trinajstić information content (AvgIpc) is 3.23. The van der Waals surface area contributed by atoms with E-state index in [2.05, 4.69) is 46.7 Å². The van der Waals surface area contributed by atoms with Crippen molar-refractivity contribution in [2.75, 3.05) is 26.2 Å². The van der Waals surface area contributed by atoms with Gasteiger partial charge < -0.3 is 15.4 Å². The summed E-state index contributed by atoms with van der Waals surface area (Å²) in [7, 11) is 0. The molecule has 2 heterocycles. The second kappa shape index (κ2) is 9.53. The molecule has 2 aliphatic heterocycles. The van der Waals surface area contributed by atoms with E-state index in [1.165, 1.54) is 23.3 Å². The molecule has 0 aromatic heterocycles. The normalized spacial score (nSPS) is 21.3. The number of benzene rings is 2. The van der Waals surface area contributed by atoms with Crippen molar-refractivity contribution in [3.8, 4) is 0 Å². The van der Waals surface area contributed by atoms with E-state index >= 15 is 0 Å². The van der Waals surface area contributed by atoms with Crippen LogP contribution in [0.5, 0.6) is 0 Å². The van der Waals surface area contributed by atoms with Gasteiger partial charge in [0.05, 0.1) is 18.2 Å². The number of halogens is 1. The van der Waals surface area contributed by atoms with Crippen LogP contribution in [0.2, 0.25) is 0 Å². The van der Waals surface area contributed by atoms with Gasteiger partial charge in [-0.25, -0.2) is 14.0 Å². The maximum absolute atomic E-state index is 13.4. The molecule has 168 valence electrons. The molecule has 2 aliphatic rings. The minimum absolute atomic E-state index is 0.221. The van der Waals surface area contributed by atoms with Crippen LogP contribution < -0.4 is 10.6 Å². The zero-order chi connectivity index (χ0) is 22.7. The summed E-state index contributed by atoms with van der Waals surface area (Å²) in [5.74, 6) is -0.457.